The molecule has 23 heavy (non-hydrogen) atoms. The standard InChI is InChI=1S/C15H21NO6S/c1-2-22-15(18)13(11-23(19,20)21)16-14(17)10-6-9-12-7-4-3-5-8-12/h3-5,7-8,13H,2,6,9-11H2,1H3,(H,16,17)(H,19,20,21). The summed E-state index contributed by atoms with van der Waals surface area (Å²) in [5.74, 6) is -2.26. The van der Waals surface area contributed by atoms with Gasteiger partial charge in [-0.25, -0.2) is 4.79 Å². The van der Waals surface area contributed by atoms with E-state index in [1.54, 1.807) is 6.92 Å². The summed E-state index contributed by atoms with van der Waals surface area (Å²) >= 11 is 0. The summed E-state index contributed by atoms with van der Waals surface area (Å²) in [5.41, 5.74) is 1.08. The van der Waals surface area contributed by atoms with E-state index in [-0.39, 0.29) is 13.0 Å². The molecule has 0 radical (unpaired) electrons. The Morgan fingerprint density at radius 1 is 1.26 bits per heavy atom. The van der Waals surface area contributed by atoms with Crippen LogP contribution in [0.5, 0.6) is 0 Å². The first-order valence-corrected chi connectivity index (χ1v) is 8.88. The molecule has 128 valence electrons. The quantitative estimate of drug-likeness (QED) is 0.510. The lowest BCUT2D eigenvalue weighted by atomic mass is 10.1. The highest BCUT2D eigenvalue weighted by atomic mass is 32.2. The zero-order valence-electron chi connectivity index (χ0n) is 12.9. The molecule has 0 spiro atoms. The van der Waals surface area contributed by atoms with Gasteiger partial charge in [-0.15, -0.1) is 0 Å². The van der Waals surface area contributed by atoms with E-state index in [1.165, 1.54) is 0 Å². The van der Waals surface area contributed by atoms with Crippen LogP contribution in [0.25, 0.3) is 0 Å². The third-order valence-electron chi connectivity index (χ3n) is 3.00. The minimum Gasteiger partial charge on any atom is -0.464 e. The van der Waals surface area contributed by atoms with Gasteiger partial charge in [0, 0.05) is 6.42 Å². The maximum atomic E-state index is 11.8. The molecule has 0 aliphatic heterocycles. The van der Waals surface area contributed by atoms with Crippen molar-refractivity contribution < 1.29 is 27.3 Å². The van der Waals surface area contributed by atoms with E-state index in [4.69, 9.17) is 9.29 Å². The fourth-order valence-corrected chi connectivity index (χ4v) is 2.63. The number of nitrogens with one attached hydrogen (secondary N) is 1. The van der Waals surface area contributed by atoms with Crippen molar-refractivity contribution in [2.75, 3.05) is 12.4 Å². The molecule has 8 heteroatoms. The molecule has 0 aliphatic carbocycles. The monoisotopic (exact) mass is 343 g/mol. The van der Waals surface area contributed by atoms with Crippen molar-refractivity contribution in [2.24, 2.45) is 0 Å². The lowest BCUT2D eigenvalue weighted by Gasteiger charge is -2.15. The SMILES string of the molecule is CCOC(=O)C(CS(=O)(=O)O)NC(=O)CCCc1ccccc1. The van der Waals surface area contributed by atoms with Crippen LogP contribution in [0, 0.1) is 0 Å². The molecule has 1 unspecified atom stereocenters. The first-order valence-electron chi connectivity index (χ1n) is 7.27. The van der Waals surface area contributed by atoms with Gasteiger partial charge in [0.25, 0.3) is 10.1 Å². The molecule has 1 aromatic rings. The van der Waals surface area contributed by atoms with Crippen LogP contribution in [-0.4, -0.2) is 43.2 Å². The van der Waals surface area contributed by atoms with Gasteiger partial charge < -0.3 is 10.1 Å². The van der Waals surface area contributed by atoms with Crippen LogP contribution >= 0.6 is 0 Å². The van der Waals surface area contributed by atoms with E-state index in [0.29, 0.717) is 12.8 Å². The highest BCUT2D eigenvalue weighted by Gasteiger charge is 2.27. The Kier molecular flexibility index (Phi) is 7.70. The van der Waals surface area contributed by atoms with Gasteiger partial charge in [-0.1, -0.05) is 30.3 Å². The molecule has 0 saturated carbocycles. The molecule has 0 heterocycles. The number of hydrogen-bond acceptors (Lipinski definition) is 5. The topological polar surface area (TPSA) is 110 Å². The van der Waals surface area contributed by atoms with Crippen molar-refractivity contribution in [1.29, 1.82) is 0 Å². The zero-order valence-corrected chi connectivity index (χ0v) is 13.7. The van der Waals surface area contributed by atoms with Gasteiger partial charge in [0.15, 0.2) is 0 Å². The molecule has 0 fully saturated rings. The van der Waals surface area contributed by atoms with Gasteiger partial charge in [0.1, 0.15) is 11.8 Å². The molecular weight excluding hydrogens is 322 g/mol. The lowest BCUT2D eigenvalue weighted by molar-refractivity contribution is -0.146. The van der Waals surface area contributed by atoms with Crippen molar-refractivity contribution in [2.45, 2.75) is 32.2 Å². The molecule has 1 amide bonds. The normalized spacial score (nSPS) is 12.4. The third kappa shape index (κ3) is 8.32. The second-order valence-corrected chi connectivity index (χ2v) is 6.46. The number of benzene rings is 1. The van der Waals surface area contributed by atoms with E-state index in [9.17, 15) is 18.0 Å². The Hall–Kier alpha value is -1.93. The number of rotatable bonds is 9. The molecule has 7 nitrogen and oxygen atoms in total. The largest absolute Gasteiger partial charge is 0.464 e. The number of esters is 1. The van der Waals surface area contributed by atoms with Gasteiger partial charge in [-0.2, -0.15) is 8.42 Å². The van der Waals surface area contributed by atoms with Crippen LogP contribution in [0.2, 0.25) is 0 Å². The van der Waals surface area contributed by atoms with Gasteiger partial charge in [-0.05, 0) is 25.3 Å². The molecule has 0 aliphatic rings. The lowest BCUT2D eigenvalue weighted by Crippen LogP contribution is -2.46. The average Bonchev–Trinajstić information content (AvgIpc) is 2.46. The summed E-state index contributed by atoms with van der Waals surface area (Å²) in [7, 11) is -4.41. The van der Waals surface area contributed by atoms with Gasteiger partial charge in [0.2, 0.25) is 5.91 Å². The highest BCUT2D eigenvalue weighted by Crippen LogP contribution is 2.05. The molecular formula is C15H21NO6S. The van der Waals surface area contributed by atoms with Crippen molar-refractivity contribution in [3.8, 4) is 0 Å². The van der Waals surface area contributed by atoms with E-state index in [1.807, 2.05) is 30.3 Å². The Labute approximate surface area is 135 Å². The Morgan fingerprint density at radius 2 is 1.91 bits per heavy atom. The summed E-state index contributed by atoms with van der Waals surface area (Å²) in [4.78, 5) is 23.5. The second-order valence-electron chi connectivity index (χ2n) is 4.96. The number of carbonyl (C=O) groups is 2. The van der Waals surface area contributed by atoms with Gasteiger partial charge in [0.05, 0.1) is 6.61 Å². The molecule has 0 saturated heterocycles. The average molecular weight is 343 g/mol. The predicted octanol–water partition coefficient (Wildman–Crippen LogP) is 0.945. The summed E-state index contributed by atoms with van der Waals surface area (Å²) in [5, 5.41) is 2.29. The van der Waals surface area contributed by atoms with E-state index >= 15 is 0 Å². The number of amides is 1. The second kappa shape index (κ2) is 9.26. The van der Waals surface area contributed by atoms with Gasteiger partial charge in [-0.3, -0.25) is 9.35 Å². The van der Waals surface area contributed by atoms with Crippen LogP contribution in [-0.2, 0) is 30.9 Å². The molecule has 1 atom stereocenters. The van der Waals surface area contributed by atoms with Crippen molar-refractivity contribution in [1.82, 2.24) is 5.32 Å². The summed E-state index contributed by atoms with van der Waals surface area (Å²) < 4.78 is 35.4. The summed E-state index contributed by atoms with van der Waals surface area (Å²) in [6.45, 7) is 1.61. The first kappa shape index (κ1) is 19.1. The van der Waals surface area contributed by atoms with Crippen LogP contribution in [0.4, 0.5) is 0 Å². The van der Waals surface area contributed by atoms with Gasteiger partial charge >= 0.3 is 5.97 Å². The van der Waals surface area contributed by atoms with Crippen LogP contribution in [0.15, 0.2) is 30.3 Å². The molecule has 1 aromatic carbocycles. The minimum absolute atomic E-state index is 0.0463. The summed E-state index contributed by atoms with van der Waals surface area (Å²) in [6.07, 6.45) is 1.38. The number of ether oxygens (including phenoxy) is 1. The van der Waals surface area contributed by atoms with Crippen molar-refractivity contribution in [3.05, 3.63) is 35.9 Å². The fourth-order valence-electron chi connectivity index (χ4n) is 1.99. The first-order chi connectivity index (χ1) is 10.8. The van der Waals surface area contributed by atoms with E-state index in [0.717, 1.165) is 5.56 Å². The van der Waals surface area contributed by atoms with Crippen LogP contribution < -0.4 is 5.32 Å². The fraction of sp³-hybridized carbons (Fsp3) is 0.467. The van der Waals surface area contributed by atoms with E-state index in [2.05, 4.69) is 5.32 Å². The van der Waals surface area contributed by atoms with E-state index < -0.39 is 33.8 Å². The molecule has 0 bridgehead atoms. The zero-order chi connectivity index (χ0) is 17.3. The molecule has 1 rings (SSSR count). The summed E-state index contributed by atoms with van der Waals surface area (Å²) in [6, 6.07) is 8.18. The van der Waals surface area contributed by atoms with Crippen molar-refractivity contribution >= 4 is 22.0 Å². The van der Waals surface area contributed by atoms with Crippen LogP contribution in [0.1, 0.15) is 25.3 Å². The predicted molar refractivity (Wildman–Crippen MR) is 84.4 cm³/mol. The number of carbonyl (C=O) groups excluding carboxylic acids is 2. The maximum Gasteiger partial charge on any atom is 0.329 e. The van der Waals surface area contributed by atoms with Crippen molar-refractivity contribution in [3.63, 3.8) is 0 Å². The number of aryl methyl sites for hydroxylation is 1. The minimum atomic E-state index is -4.41. The van der Waals surface area contributed by atoms with Crippen LogP contribution in [0.3, 0.4) is 0 Å². The maximum absolute atomic E-state index is 11.8. The molecule has 2 N–H and O–H groups in total. The highest BCUT2D eigenvalue weighted by molar-refractivity contribution is 7.85. The molecule has 0 aromatic heterocycles. The third-order valence-corrected chi connectivity index (χ3v) is 3.75. The smallest absolute Gasteiger partial charge is 0.329 e. The Morgan fingerprint density at radius 3 is 2.48 bits per heavy atom. The number of hydrogen-bond donors (Lipinski definition) is 2. The Bertz CT molecular complexity index is 614. The Balaban J connectivity index is 2.50.